The van der Waals surface area contributed by atoms with E-state index in [-0.39, 0.29) is 11.0 Å². The van der Waals surface area contributed by atoms with Crippen LogP contribution in [0.25, 0.3) is 0 Å². The lowest BCUT2D eigenvalue weighted by Crippen LogP contribution is -1.97. The van der Waals surface area contributed by atoms with E-state index in [1.54, 1.807) is 0 Å². The van der Waals surface area contributed by atoms with Crippen LogP contribution in [0, 0.1) is 11.6 Å². The molecule has 4 heteroatoms. The highest BCUT2D eigenvalue weighted by molar-refractivity contribution is 8.00. The van der Waals surface area contributed by atoms with E-state index in [0.717, 1.165) is 12.5 Å². The molecule has 0 N–H and O–H groups in total. The number of carbonyl (C=O) groups excluding carboxylic acids is 1. The Kier molecular flexibility index (Phi) is 3.05. The summed E-state index contributed by atoms with van der Waals surface area (Å²) in [4.78, 5) is 11.4. The summed E-state index contributed by atoms with van der Waals surface area (Å²) in [5.41, 5.74) is 0. The van der Waals surface area contributed by atoms with E-state index in [4.69, 9.17) is 0 Å². The Morgan fingerprint density at radius 2 is 2.13 bits per heavy atom. The lowest BCUT2D eigenvalue weighted by molar-refractivity contribution is -0.117. The molecule has 0 heterocycles. The minimum absolute atomic E-state index is 0.150. The molecule has 0 saturated heterocycles. The third-order valence-corrected chi connectivity index (χ3v) is 3.71. The SMILES string of the molecule is O=C1CCC(Sc2ccc(F)cc2F)C1. The molecule has 2 rings (SSSR count). The van der Waals surface area contributed by atoms with Gasteiger partial charge in [-0.15, -0.1) is 11.8 Å². The molecule has 1 saturated carbocycles. The molecule has 0 amide bonds. The fourth-order valence-corrected chi connectivity index (χ4v) is 2.81. The van der Waals surface area contributed by atoms with Crippen LogP contribution in [0.15, 0.2) is 23.1 Å². The van der Waals surface area contributed by atoms with Gasteiger partial charge in [0, 0.05) is 29.1 Å². The number of halogens is 2. The normalized spacial score (nSPS) is 20.9. The standard InChI is InChI=1S/C11H10F2OS/c12-7-1-4-11(10(13)5-7)15-9-3-2-8(14)6-9/h1,4-5,9H,2-3,6H2. The second kappa shape index (κ2) is 4.31. The monoisotopic (exact) mass is 228 g/mol. The molecule has 0 radical (unpaired) electrons. The summed E-state index contributed by atoms with van der Waals surface area (Å²) in [6.07, 6.45) is 1.88. The van der Waals surface area contributed by atoms with Crippen molar-refractivity contribution in [3.63, 3.8) is 0 Å². The Labute approximate surface area is 90.9 Å². The van der Waals surface area contributed by atoms with Gasteiger partial charge in [0.2, 0.25) is 0 Å². The van der Waals surface area contributed by atoms with Crippen LogP contribution in [-0.2, 0) is 4.79 Å². The van der Waals surface area contributed by atoms with Crippen LogP contribution in [0.3, 0.4) is 0 Å². The van der Waals surface area contributed by atoms with E-state index in [1.165, 1.54) is 23.9 Å². The number of ketones is 1. The highest BCUT2D eigenvalue weighted by Gasteiger charge is 2.23. The van der Waals surface area contributed by atoms with E-state index in [2.05, 4.69) is 0 Å². The van der Waals surface area contributed by atoms with Gasteiger partial charge in [-0.2, -0.15) is 0 Å². The molecule has 0 aliphatic heterocycles. The summed E-state index contributed by atoms with van der Waals surface area (Å²) in [5, 5.41) is 0.150. The van der Waals surface area contributed by atoms with Crippen molar-refractivity contribution in [3.05, 3.63) is 29.8 Å². The van der Waals surface area contributed by atoms with E-state index in [1.807, 2.05) is 0 Å². The first-order chi connectivity index (χ1) is 7.15. The average molecular weight is 228 g/mol. The second-order valence-corrected chi connectivity index (χ2v) is 4.94. The lowest BCUT2D eigenvalue weighted by Gasteiger charge is -2.08. The number of hydrogen-bond acceptors (Lipinski definition) is 2. The smallest absolute Gasteiger partial charge is 0.139 e. The van der Waals surface area contributed by atoms with E-state index in [0.29, 0.717) is 17.7 Å². The molecule has 1 aromatic carbocycles. The van der Waals surface area contributed by atoms with Gasteiger partial charge in [-0.25, -0.2) is 8.78 Å². The lowest BCUT2D eigenvalue weighted by atomic mass is 10.3. The van der Waals surface area contributed by atoms with Gasteiger partial charge in [0.1, 0.15) is 17.4 Å². The van der Waals surface area contributed by atoms with Gasteiger partial charge in [-0.3, -0.25) is 4.79 Å². The summed E-state index contributed by atoms with van der Waals surface area (Å²) in [5.74, 6) is -0.881. The maximum atomic E-state index is 13.3. The van der Waals surface area contributed by atoms with Crippen LogP contribution < -0.4 is 0 Å². The Bertz CT molecular complexity index is 392. The highest BCUT2D eigenvalue weighted by Crippen LogP contribution is 2.34. The minimum atomic E-state index is -0.570. The van der Waals surface area contributed by atoms with Gasteiger partial charge in [-0.1, -0.05) is 0 Å². The Morgan fingerprint density at radius 3 is 2.73 bits per heavy atom. The van der Waals surface area contributed by atoms with Gasteiger partial charge >= 0.3 is 0 Å². The van der Waals surface area contributed by atoms with Crippen molar-refractivity contribution in [1.82, 2.24) is 0 Å². The van der Waals surface area contributed by atoms with Crippen LogP contribution in [0.2, 0.25) is 0 Å². The third-order valence-electron chi connectivity index (χ3n) is 2.39. The van der Waals surface area contributed by atoms with Crippen molar-refractivity contribution in [2.45, 2.75) is 29.4 Å². The molecule has 0 bridgehead atoms. The molecule has 1 aliphatic carbocycles. The largest absolute Gasteiger partial charge is 0.300 e. The number of carbonyl (C=O) groups is 1. The number of rotatable bonds is 2. The van der Waals surface area contributed by atoms with Gasteiger partial charge < -0.3 is 0 Å². The fraction of sp³-hybridized carbons (Fsp3) is 0.364. The molecule has 1 aromatic rings. The quantitative estimate of drug-likeness (QED) is 0.773. The summed E-state index contributed by atoms with van der Waals surface area (Å²) in [6.45, 7) is 0. The molecule has 1 unspecified atom stereocenters. The van der Waals surface area contributed by atoms with E-state index < -0.39 is 11.6 Å². The molecular weight excluding hydrogens is 218 g/mol. The maximum Gasteiger partial charge on any atom is 0.139 e. The van der Waals surface area contributed by atoms with Crippen molar-refractivity contribution in [2.75, 3.05) is 0 Å². The summed E-state index contributed by atoms with van der Waals surface area (Å²) >= 11 is 1.33. The second-order valence-electron chi connectivity index (χ2n) is 3.60. The molecule has 0 spiro atoms. The summed E-state index contributed by atoms with van der Waals surface area (Å²) in [7, 11) is 0. The number of benzene rings is 1. The number of hydrogen-bond donors (Lipinski definition) is 0. The first-order valence-electron chi connectivity index (χ1n) is 4.78. The maximum absolute atomic E-state index is 13.3. The minimum Gasteiger partial charge on any atom is -0.300 e. The molecule has 1 atom stereocenters. The van der Waals surface area contributed by atoms with Gasteiger partial charge in [0.05, 0.1) is 0 Å². The zero-order chi connectivity index (χ0) is 10.8. The van der Waals surface area contributed by atoms with Gasteiger partial charge in [-0.05, 0) is 18.6 Å². The highest BCUT2D eigenvalue weighted by atomic mass is 32.2. The van der Waals surface area contributed by atoms with Crippen LogP contribution in [-0.4, -0.2) is 11.0 Å². The van der Waals surface area contributed by atoms with Crippen molar-refractivity contribution >= 4 is 17.5 Å². The topological polar surface area (TPSA) is 17.1 Å². The average Bonchev–Trinajstić information content (AvgIpc) is 2.56. The van der Waals surface area contributed by atoms with Crippen molar-refractivity contribution in [3.8, 4) is 0 Å². The number of Topliss-reactive ketones (excluding diaryl/α,β-unsaturated/α-hetero) is 1. The fourth-order valence-electron chi connectivity index (χ4n) is 1.63. The Morgan fingerprint density at radius 1 is 1.33 bits per heavy atom. The first kappa shape index (κ1) is 10.6. The van der Waals surface area contributed by atoms with Crippen LogP contribution in [0.4, 0.5) is 8.78 Å². The zero-order valence-corrected chi connectivity index (χ0v) is 8.82. The number of thioether (sulfide) groups is 1. The van der Waals surface area contributed by atoms with Gasteiger partial charge in [0.15, 0.2) is 0 Å². The molecular formula is C11H10F2OS. The van der Waals surface area contributed by atoms with Crippen molar-refractivity contribution < 1.29 is 13.6 Å². The third kappa shape index (κ3) is 2.56. The Balaban J connectivity index is 2.07. The summed E-state index contributed by atoms with van der Waals surface area (Å²) in [6, 6.07) is 3.54. The zero-order valence-electron chi connectivity index (χ0n) is 8.00. The first-order valence-corrected chi connectivity index (χ1v) is 5.66. The predicted molar refractivity (Wildman–Crippen MR) is 54.9 cm³/mol. The van der Waals surface area contributed by atoms with Crippen molar-refractivity contribution in [1.29, 1.82) is 0 Å². The summed E-state index contributed by atoms with van der Waals surface area (Å²) < 4.78 is 25.9. The van der Waals surface area contributed by atoms with Gasteiger partial charge in [0.25, 0.3) is 0 Å². The van der Waals surface area contributed by atoms with E-state index in [9.17, 15) is 13.6 Å². The Hall–Kier alpha value is -0.900. The van der Waals surface area contributed by atoms with Crippen molar-refractivity contribution in [2.24, 2.45) is 0 Å². The van der Waals surface area contributed by atoms with Crippen LogP contribution in [0.1, 0.15) is 19.3 Å². The van der Waals surface area contributed by atoms with E-state index >= 15 is 0 Å². The molecule has 0 aromatic heterocycles. The van der Waals surface area contributed by atoms with Crippen LogP contribution in [0.5, 0.6) is 0 Å². The molecule has 1 aliphatic rings. The molecule has 1 nitrogen and oxygen atoms in total. The van der Waals surface area contributed by atoms with Crippen LogP contribution >= 0.6 is 11.8 Å². The predicted octanol–water partition coefficient (Wildman–Crippen LogP) is 3.18. The molecule has 1 fully saturated rings. The molecule has 15 heavy (non-hydrogen) atoms. The molecule has 80 valence electrons.